The molecule has 0 bridgehead atoms. The Bertz CT molecular complexity index is 4360. The highest BCUT2D eigenvalue weighted by Crippen LogP contribution is 2.36. The first-order valence-electron chi connectivity index (χ1n) is 31.8. The topological polar surface area (TPSA) is 302 Å². The van der Waals surface area contributed by atoms with Crippen molar-refractivity contribution in [2.75, 3.05) is 13.7 Å². The number of benzene rings is 8. The van der Waals surface area contributed by atoms with Gasteiger partial charge in [0, 0.05) is 34.9 Å². The molecule has 8 aromatic carbocycles. The van der Waals surface area contributed by atoms with Crippen molar-refractivity contribution in [2.24, 2.45) is 0 Å². The van der Waals surface area contributed by atoms with Gasteiger partial charge in [0.2, 0.25) is 0 Å². The monoisotopic (exact) mass is 1340 g/mol. The van der Waals surface area contributed by atoms with Crippen molar-refractivity contribution in [3.05, 3.63) is 252 Å². The largest absolute Gasteiger partial charge is 0.508 e. The maximum Gasteiger partial charge on any atom is 0.161 e. The summed E-state index contributed by atoms with van der Waals surface area (Å²) in [5, 5.41) is 136. The number of phenols is 13. The van der Waals surface area contributed by atoms with E-state index in [2.05, 4.69) is 12.2 Å². The van der Waals surface area contributed by atoms with Crippen LogP contribution in [0.3, 0.4) is 0 Å². The molecule has 520 valence electrons. The van der Waals surface area contributed by atoms with E-state index in [9.17, 15) is 71.5 Å². The number of hydrogen-bond donors (Lipinski definition) is 14. The van der Waals surface area contributed by atoms with Crippen LogP contribution in [0.5, 0.6) is 86.2 Å². The first-order valence-corrected chi connectivity index (χ1v) is 31.8. The van der Waals surface area contributed by atoms with Crippen LogP contribution in [0.15, 0.2) is 180 Å². The average Bonchev–Trinajstić information content (AvgIpc) is 0.868. The number of rotatable bonds is 21. The fraction of sp³-hybridized carbons (Fsp3) is 0.205. The van der Waals surface area contributed by atoms with Crippen molar-refractivity contribution in [3.63, 3.8) is 0 Å². The Hall–Kier alpha value is -11.6. The third-order valence-corrected chi connectivity index (χ3v) is 14.9. The molecule has 99 heavy (non-hydrogen) atoms. The van der Waals surface area contributed by atoms with Gasteiger partial charge in [-0.25, -0.2) is 0 Å². The first kappa shape index (κ1) is 78.1. The Balaban J connectivity index is 0.000000239. The summed E-state index contributed by atoms with van der Waals surface area (Å²) in [4.78, 5) is 0. The molecule has 0 saturated heterocycles. The van der Waals surface area contributed by atoms with E-state index in [0.29, 0.717) is 71.6 Å². The molecular weight excluding hydrogens is 1250 g/mol. The van der Waals surface area contributed by atoms with Crippen LogP contribution in [0.2, 0.25) is 0 Å². The van der Waals surface area contributed by atoms with E-state index >= 15 is 0 Å². The summed E-state index contributed by atoms with van der Waals surface area (Å²) in [6.07, 6.45) is 27.1. The Morgan fingerprint density at radius 2 is 0.606 bits per heavy atom. The summed E-state index contributed by atoms with van der Waals surface area (Å²) >= 11 is 0. The van der Waals surface area contributed by atoms with Crippen molar-refractivity contribution < 1.29 is 81.0 Å². The lowest BCUT2D eigenvalue weighted by atomic mass is 9.96. The third-order valence-electron chi connectivity index (χ3n) is 14.9. The molecule has 0 unspecified atom stereocenters. The van der Waals surface area contributed by atoms with E-state index in [-0.39, 0.29) is 81.4 Å². The molecule has 8 aromatic rings. The molecule has 0 aliphatic rings. The van der Waals surface area contributed by atoms with Gasteiger partial charge in [-0.1, -0.05) is 125 Å². The fourth-order valence-corrected chi connectivity index (χ4v) is 9.49. The zero-order valence-corrected chi connectivity index (χ0v) is 57.9. The second-order valence-corrected chi connectivity index (χ2v) is 24.5. The van der Waals surface area contributed by atoms with Gasteiger partial charge in [0.05, 0.1) is 13.7 Å². The van der Waals surface area contributed by atoms with Crippen LogP contribution in [0.25, 0.3) is 48.6 Å². The van der Waals surface area contributed by atoms with Crippen molar-refractivity contribution in [2.45, 2.75) is 102 Å². The number of phenolic OH excluding ortho intramolecular Hbond substituents is 13. The Morgan fingerprint density at radius 3 is 0.960 bits per heavy atom. The third kappa shape index (κ3) is 25.8. The summed E-state index contributed by atoms with van der Waals surface area (Å²) in [7, 11) is 1.49. The van der Waals surface area contributed by atoms with Crippen molar-refractivity contribution in [1.29, 1.82) is 0 Å². The lowest BCUT2D eigenvalue weighted by molar-refractivity contribution is 0.280. The molecule has 0 aliphatic carbocycles. The van der Waals surface area contributed by atoms with Gasteiger partial charge in [-0.3, -0.25) is 0 Å². The number of methoxy groups -OCH3 is 1. The van der Waals surface area contributed by atoms with E-state index in [1.165, 1.54) is 72.4 Å². The molecule has 0 spiro atoms. The Kier molecular flexibility index (Phi) is 30.1. The molecular formula is C83H92O16. The Morgan fingerprint density at radius 1 is 0.293 bits per heavy atom. The molecule has 0 heterocycles. The van der Waals surface area contributed by atoms with Gasteiger partial charge in [-0.05, 0) is 235 Å². The zero-order chi connectivity index (χ0) is 73.0. The molecule has 16 nitrogen and oxygen atoms in total. The number of aromatic hydroxyl groups is 13. The lowest BCUT2D eigenvalue weighted by Crippen LogP contribution is -2.00. The number of aliphatic hydroxyl groups excluding tert-OH is 1. The summed E-state index contributed by atoms with van der Waals surface area (Å²) in [6, 6.07) is 31.1. The minimum absolute atomic E-state index is 0.0105. The molecule has 0 atom stereocenters. The second kappa shape index (κ2) is 38.2. The highest BCUT2D eigenvalue weighted by atomic mass is 16.5. The molecule has 8 rings (SSSR count). The fourth-order valence-electron chi connectivity index (χ4n) is 9.49. The molecule has 0 amide bonds. The summed E-state index contributed by atoms with van der Waals surface area (Å²) in [6.45, 7) is 20.3. The van der Waals surface area contributed by atoms with Gasteiger partial charge in [-0.15, -0.1) is 0 Å². The first-order chi connectivity index (χ1) is 46.9. The predicted molar refractivity (Wildman–Crippen MR) is 399 cm³/mol. The summed E-state index contributed by atoms with van der Waals surface area (Å²) in [5.41, 5.74) is 15.9. The normalized spacial score (nSPS) is 10.8. The van der Waals surface area contributed by atoms with E-state index in [0.717, 1.165) is 55.7 Å². The minimum atomic E-state index is -0.198. The van der Waals surface area contributed by atoms with Crippen LogP contribution in [0, 0.1) is 0 Å². The van der Waals surface area contributed by atoms with Crippen LogP contribution in [0.4, 0.5) is 0 Å². The number of ether oxygens (including phenoxy) is 2. The number of hydrogen-bond acceptors (Lipinski definition) is 16. The predicted octanol–water partition coefficient (Wildman–Crippen LogP) is 18.5. The van der Waals surface area contributed by atoms with Gasteiger partial charge in [0.1, 0.15) is 46.9 Å². The van der Waals surface area contributed by atoms with Crippen molar-refractivity contribution >= 4 is 48.6 Å². The average molecular weight is 1350 g/mol. The molecule has 0 fully saturated rings. The summed E-state index contributed by atoms with van der Waals surface area (Å²) in [5.74, 6) is 0.357. The van der Waals surface area contributed by atoms with Crippen LogP contribution >= 0.6 is 0 Å². The molecule has 0 aromatic heterocycles. The van der Waals surface area contributed by atoms with E-state index in [1.54, 1.807) is 91.0 Å². The number of aliphatic hydroxyl groups is 1. The minimum Gasteiger partial charge on any atom is -0.508 e. The maximum atomic E-state index is 10.2. The number of allylic oxidation sites excluding steroid dienone is 9. The quantitative estimate of drug-likeness (QED) is 0.0181. The van der Waals surface area contributed by atoms with Crippen molar-refractivity contribution in [1.82, 2.24) is 0 Å². The molecule has 14 N–H and O–H groups in total. The highest BCUT2D eigenvalue weighted by molar-refractivity contribution is 5.78. The van der Waals surface area contributed by atoms with Crippen LogP contribution in [0.1, 0.15) is 142 Å². The standard InChI is InChI=1S/C24H28O4.2C20H22O4.C19H20O4/c1-16(2)5-9-21-19(8-6-18-7-10-22(26)23(27)13-18)14-20(25)15-24(21)28-12-11-17(3)4;1-13(2)4-8-17-15(11-16(21)12-19(17)23)7-5-14-6-9-18(22)20(10-14)24-3;1-13(2)3-7-18-15(10-17(22)11-16(18)12-21)6-4-14-5-8-19(23)20(24)9-14;1-12(2)3-7-16-14(10-15(20)11-18(16)22)6-4-13-5-8-17(21)19(23)9-13/h5-8,10-11,13-15,25-27H,9,12H2,1-4H3;4-7,9-12,21-23H,8H2,1-3H3;3-6,8-11,21-24H,7,12H2,1-2H3;3-6,8-11,20-23H,7H2,1-2H3/b8-6+;7-5+;2*6-4+. The Labute approximate surface area is 580 Å². The van der Waals surface area contributed by atoms with Crippen LogP contribution in [-0.4, -0.2) is 85.2 Å². The van der Waals surface area contributed by atoms with Crippen LogP contribution in [-0.2, 0) is 32.3 Å². The van der Waals surface area contributed by atoms with E-state index < -0.39 is 0 Å². The molecule has 0 radical (unpaired) electrons. The van der Waals surface area contributed by atoms with E-state index in [1.807, 2.05) is 118 Å². The van der Waals surface area contributed by atoms with E-state index in [4.69, 9.17) is 9.47 Å². The smallest absolute Gasteiger partial charge is 0.161 e. The molecule has 0 saturated carbocycles. The summed E-state index contributed by atoms with van der Waals surface area (Å²) < 4.78 is 11.0. The van der Waals surface area contributed by atoms with Gasteiger partial charge in [-0.2, -0.15) is 0 Å². The molecule has 0 aliphatic heterocycles. The lowest BCUT2D eigenvalue weighted by Gasteiger charge is -2.14. The molecule has 16 heteroatoms. The second-order valence-electron chi connectivity index (χ2n) is 24.5. The maximum absolute atomic E-state index is 10.2. The van der Waals surface area contributed by atoms with Gasteiger partial charge < -0.3 is 81.0 Å². The zero-order valence-electron chi connectivity index (χ0n) is 57.9. The van der Waals surface area contributed by atoms with Crippen LogP contribution < -0.4 is 9.47 Å². The van der Waals surface area contributed by atoms with Gasteiger partial charge >= 0.3 is 0 Å². The highest BCUT2D eigenvalue weighted by Gasteiger charge is 2.14. The van der Waals surface area contributed by atoms with Gasteiger partial charge in [0.25, 0.3) is 0 Å². The van der Waals surface area contributed by atoms with Crippen molar-refractivity contribution in [3.8, 4) is 86.2 Å². The SMILES string of the molecule is CC(C)=CCOc1cc(O)cc(/C=C/c2ccc(O)c(O)c2)c1CC=C(C)C.CC(C)=CCc1c(/C=C/c2ccc(O)c(O)c2)cc(O)cc1CO.CC(C)=CCc1c(O)cc(O)cc1/C=C/c1ccc(O)c(O)c1.COc1cc(/C=C/c2cc(O)cc(O)c2CC=C(C)C)ccc1O. The van der Waals surface area contributed by atoms with Gasteiger partial charge in [0.15, 0.2) is 46.0 Å².